The van der Waals surface area contributed by atoms with E-state index in [2.05, 4.69) is 10.1 Å². The summed E-state index contributed by atoms with van der Waals surface area (Å²) >= 11 is 7.21. The van der Waals surface area contributed by atoms with Gasteiger partial charge in [-0.3, -0.25) is 4.79 Å². The number of benzene rings is 1. The maximum atomic E-state index is 10.4. The van der Waals surface area contributed by atoms with Crippen molar-refractivity contribution in [1.82, 2.24) is 10.1 Å². The van der Waals surface area contributed by atoms with E-state index < -0.39 is 5.97 Å². The van der Waals surface area contributed by atoms with Gasteiger partial charge in [-0.2, -0.15) is 4.98 Å². The van der Waals surface area contributed by atoms with Crippen LogP contribution in [-0.4, -0.2) is 27.0 Å². The van der Waals surface area contributed by atoms with E-state index in [1.807, 2.05) is 12.1 Å². The molecule has 0 saturated carbocycles. The summed E-state index contributed by atoms with van der Waals surface area (Å²) in [5.74, 6) is 0.293. The molecule has 1 heterocycles. The molecule has 0 aliphatic rings. The highest BCUT2D eigenvalue weighted by Crippen LogP contribution is 2.25. The van der Waals surface area contributed by atoms with E-state index in [9.17, 15) is 4.79 Å². The van der Waals surface area contributed by atoms with Gasteiger partial charge >= 0.3 is 5.97 Å². The lowest BCUT2D eigenvalue weighted by atomic mass is 10.2. The molecule has 2 rings (SSSR count). The first kappa shape index (κ1) is 12.9. The smallest absolute Gasteiger partial charge is 0.313 e. The minimum absolute atomic E-state index is 0.00378. The van der Waals surface area contributed by atoms with Gasteiger partial charge < -0.3 is 9.63 Å². The van der Waals surface area contributed by atoms with E-state index in [0.717, 1.165) is 0 Å². The highest BCUT2D eigenvalue weighted by Gasteiger charge is 2.11. The van der Waals surface area contributed by atoms with Crippen molar-refractivity contribution in [2.45, 2.75) is 5.75 Å². The molecule has 7 heteroatoms. The summed E-state index contributed by atoms with van der Waals surface area (Å²) in [6, 6.07) is 7.18. The summed E-state index contributed by atoms with van der Waals surface area (Å²) in [6.45, 7) is 0. The van der Waals surface area contributed by atoms with Crippen molar-refractivity contribution in [2.75, 3.05) is 5.75 Å². The summed E-state index contributed by atoms with van der Waals surface area (Å²) in [7, 11) is 0. The standard InChI is InChI=1S/C11H9ClN2O3S/c12-8-4-2-1-3-7(8)11-13-9(17-14-11)5-18-6-10(15)16/h1-4H,5-6H2,(H,15,16). The molecule has 1 aromatic heterocycles. The first-order chi connectivity index (χ1) is 8.66. The molecular formula is C11H9ClN2O3S. The normalized spacial score (nSPS) is 10.5. The van der Waals surface area contributed by atoms with E-state index in [4.69, 9.17) is 21.2 Å². The first-order valence-corrected chi connectivity index (χ1v) is 6.57. The van der Waals surface area contributed by atoms with Crippen molar-refractivity contribution in [2.24, 2.45) is 0 Å². The molecular weight excluding hydrogens is 276 g/mol. The number of hydrogen-bond acceptors (Lipinski definition) is 5. The van der Waals surface area contributed by atoms with E-state index >= 15 is 0 Å². The number of thioether (sulfide) groups is 1. The van der Waals surface area contributed by atoms with Crippen molar-refractivity contribution in [3.63, 3.8) is 0 Å². The van der Waals surface area contributed by atoms with Gasteiger partial charge in [-0.05, 0) is 12.1 Å². The van der Waals surface area contributed by atoms with Crippen LogP contribution in [0.2, 0.25) is 5.02 Å². The van der Waals surface area contributed by atoms with Crippen molar-refractivity contribution in [3.8, 4) is 11.4 Å². The lowest BCUT2D eigenvalue weighted by Crippen LogP contribution is -1.98. The molecule has 5 nitrogen and oxygen atoms in total. The molecule has 1 aromatic carbocycles. The van der Waals surface area contributed by atoms with Crippen LogP contribution in [0.25, 0.3) is 11.4 Å². The number of halogens is 1. The molecule has 1 N–H and O–H groups in total. The molecule has 0 amide bonds. The number of hydrogen-bond donors (Lipinski definition) is 1. The summed E-state index contributed by atoms with van der Waals surface area (Å²) in [6.07, 6.45) is 0. The second kappa shape index (κ2) is 5.88. The molecule has 0 bridgehead atoms. The SMILES string of the molecule is O=C(O)CSCc1nc(-c2ccccc2Cl)no1. The Morgan fingerprint density at radius 1 is 1.44 bits per heavy atom. The van der Waals surface area contributed by atoms with Gasteiger partial charge in [0.2, 0.25) is 11.7 Å². The Morgan fingerprint density at radius 3 is 2.94 bits per heavy atom. The first-order valence-electron chi connectivity index (χ1n) is 5.04. The maximum Gasteiger partial charge on any atom is 0.313 e. The number of carboxylic acid groups (broad SMARTS) is 1. The Hall–Kier alpha value is -1.53. The minimum atomic E-state index is -0.870. The second-order valence-electron chi connectivity index (χ2n) is 3.38. The molecule has 0 aliphatic carbocycles. The fourth-order valence-corrected chi connectivity index (χ4v) is 2.08. The van der Waals surface area contributed by atoms with Crippen LogP contribution < -0.4 is 0 Å². The molecule has 0 radical (unpaired) electrons. The molecule has 0 saturated heterocycles. The number of carbonyl (C=O) groups is 1. The Morgan fingerprint density at radius 2 is 2.22 bits per heavy atom. The third kappa shape index (κ3) is 3.24. The van der Waals surface area contributed by atoms with Gasteiger partial charge in [0.25, 0.3) is 0 Å². The molecule has 2 aromatic rings. The van der Waals surface area contributed by atoms with Crippen LogP contribution in [0.4, 0.5) is 0 Å². The van der Waals surface area contributed by atoms with Crippen LogP contribution in [-0.2, 0) is 10.5 Å². The predicted octanol–water partition coefficient (Wildman–Crippen LogP) is 2.71. The summed E-state index contributed by atoms with van der Waals surface area (Å²) in [5, 5.41) is 12.9. The van der Waals surface area contributed by atoms with E-state index in [1.165, 1.54) is 11.8 Å². The highest BCUT2D eigenvalue weighted by molar-refractivity contribution is 7.99. The third-order valence-corrected chi connectivity index (χ3v) is 3.27. The number of nitrogens with zero attached hydrogens (tertiary/aromatic N) is 2. The zero-order valence-electron chi connectivity index (χ0n) is 9.17. The third-order valence-electron chi connectivity index (χ3n) is 2.03. The zero-order chi connectivity index (χ0) is 13.0. The highest BCUT2D eigenvalue weighted by atomic mass is 35.5. The van der Waals surface area contributed by atoms with Gasteiger partial charge in [-0.15, -0.1) is 11.8 Å². The fourth-order valence-electron chi connectivity index (χ4n) is 1.29. The Kier molecular flexibility index (Phi) is 4.22. The molecule has 0 unspecified atom stereocenters. The number of aliphatic carboxylic acids is 1. The summed E-state index contributed by atoms with van der Waals surface area (Å²) < 4.78 is 5.02. The van der Waals surface area contributed by atoms with E-state index in [-0.39, 0.29) is 5.75 Å². The van der Waals surface area contributed by atoms with E-state index in [1.54, 1.807) is 12.1 Å². The van der Waals surface area contributed by atoms with Gasteiger partial charge in [0, 0.05) is 5.56 Å². The van der Waals surface area contributed by atoms with Crippen molar-refractivity contribution >= 4 is 29.3 Å². The Labute approximate surface area is 112 Å². The van der Waals surface area contributed by atoms with Gasteiger partial charge in [-0.1, -0.05) is 28.9 Å². The van der Waals surface area contributed by atoms with Gasteiger partial charge in [0.05, 0.1) is 16.5 Å². The largest absolute Gasteiger partial charge is 0.481 e. The average molecular weight is 285 g/mol. The van der Waals surface area contributed by atoms with E-state index in [0.29, 0.717) is 28.1 Å². The Bertz CT molecular complexity index is 559. The zero-order valence-corrected chi connectivity index (χ0v) is 10.7. The van der Waals surface area contributed by atoms with Gasteiger partial charge in [0.1, 0.15) is 0 Å². The average Bonchev–Trinajstić information content (AvgIpc) is 2.78. The minimum Gasteiger partial charge on any atom is -0.481 e. The van der Waals surface area contributed by atoms with Crippen molar-refractivity contribution in [3.05, 3.63) is 35.2 Å². The molecule has 0 aliphatic heterocycles. The topological polar surface area (TPSA) is 76.2 Å². The molecule has 0 spiro atoms. The lowest BCUT2D eigenvalue weighted by molar-refractivity contribution is -0.133. The number of aromatic nitrogens is 2. The lowest BCUT2D eigenvalue weighted by Gasteiger charge is -1.96. The molecule has 0 fully saturated rings. The fraction of sp³-hybridized carbons (Fsp3) is 0.182. The summed E-state index contributed by atoms with van der Waals surface area (Å²) in [4.78, 5) is 14.5. The molecule has 0 atom stereocenters. The monoisotopic (exact) mass is 284 g/mol. The quantitative estimate of drug-likeness (QED) is 0.910. The molecule has 94 valence electrons. The maximum absolute atomic E-state index is 10.4. The van der Waals surface area contributed by atoms with Crippen molar-refractivity contribution in [1.29, 1.82) is 0 Å². The second-order valence-corrected chi connectivity index (χ2v) is 4.77. The van der Waals surface area contributed by atoms with Crippen LogP contribution in [0.5, 0.6) is 0 Å². The van der Waals surface area contributed by atoms with Gasteiger partial charge in [-0.25, -0.2) is 0 Å². The van der Waals surface area contributed by atoms with Crippen molar-refractivity contribution < 1.29 is 14.4 Å². The number of rotatable bonds is 5. The number of carboxylic acids is 1. The van der Waals surface area contributed by atoms with Gasteiger partial charge in [0.15, 0.2) is 0 Å². The van der Waals surface area contributed by atoms with Crippen LogP contribution >= 0.6 is 23.4 Å². The van der Waals surface area contributed by atoms with Crippen LogP contribution in [0.15, 0.2) is 28.8 Å². The summed E-state index contributed by atoms with van der Waals surface area (Å²) in [5.41, 5.74) is 0.692. The van der Waals surface area contributed by atoms with Crippen LogP contribution in [0.3, 0.4) is 0 Å². The van der Waals surface area contributed by atoms with Crippen LogP contribution in [0, 0.1) is 0 Å². The Balaban J connectivity index is 2.06. The predicted molar refractivity (Wildman–Crippen MR) is 68.5 cm³/mol. The van der Waals surface area contributed by atoms with Crippen LogP contribution in [0.1, 0.15) is 5.89 Å². The molecule has 18 heavy (non-hydrogen) atoms.